The summed E-state index contributed by atoms with van der Waals surface area (Å²) in [6.45, 7) is 1.53. The number of carbonyl (C=O) groups excluding carboxylic acids is 1. The minimum Gasteiger partial charge on any atom is -0.349 e. The van der Waals surface area contributed by atoms with Crippen LogP contribution in [0.5, 0.6) is 0 Å². The first-order valence-electron chi connectivity index (χ1n) is 3.92. The highest BCUT2D eigenvalue weighted by Gasteiger charge is 1.87. The van der Waals surface area contributed by atoms with E-state index < -0.39 is 0 Å². The molecule has 1 aromatic carbocycles. The van der Waals surface area contributed by atoms with Crippen molar-refractivity contribution in [3.05, 3.63) is 34.8 Å². The van der Waals surface area contributed by atoms with Gasteiger partial charge in [0.1, 0.15) is 0 Å². The summed E-state index contributed by atoms with van der Waals surface area (Å²) in [5.74, 6) is 0.0926. The van der Waals surface area contributed by atoms with Crippen molar-refractivity contribution in [1.29, 1.82) is 0 Å². The normalized spacial score (nSPS) is 8.31. The second kappa shape index (κ2) is 6.66. The summed E-state index contributed by atoms with van der Waals surface area (Å²) in [6.07, 6.45) is 0. The molecule has 72 valence electrons. The van der Waals surface area contributed by atoms with Crippen LogP contribution in [0, 0.1) is 0 Å². The molecule has 3 heteroatoms. The molecule has 1 aromatic rings. The number of hydrogen-bond acceptors (Lipinski definition) is 1. The third kappa shape index (κ3) is 7.53. The molecule has 13 heavy (non-hydrogen) atoms. The van der Waals surface area contributed by atoms with Crippen molar-refractivity contribution in [2.45, 2.75) is 6.92 Å². The summed E-state index contributed by atoms with van der Waals surface area (Å²) in [5, 5.41) is 0. The number of hydrogen-bond donors (Lipinski definition) is 0. The van der Waals surface area contributed by atoms with Crippen LogP contribution in [0.2, 0.25) is 0 Å². The van der Waals surface area contributed by atoms with E-state index >= 15 is 0 Å². The third-order valence-corrected chi connectivity index (χ3v) is 1.89. The Kier molecular flexibility index (Phi) is 6.24. The minimum absolute atomic E-state index is 0.0926. The zero-order valence-corrected chi connectivity index (χ0v) is 9.71. The predicted octanol–water partition coefficient (Wildman–Crippen LogP) is 2.54. The molecule has 0 radical (unpaired) electrons. The van der Waals surface area contributed by atoms with E-state index in [9.17, 15) is 4.79 Å². The zero-order valence-electron chi connectivity index (χ0n) is 8.12. The van der Waals surface area contributed by atoms with Crippen molar-refractivity contribution < 1.29 is 4.79 Å². The van der Waals surface area contributed by atoms with Gasteiger partial charge in [0.15, 0.2) is 0 Å². The molecule has 0 aromatic heterocycles. The van der Waals surface area contributed by atoms with Crippen molar-refractivity contribution in [1.82, 2.24) is 4.90 Å². The maximum absolute atomic E-state index is 10.1. The van der Waals surface area contributed by atoms with Crippen molar-refractivity contribution in [3.63, 3.8) is 0 Å². The Morgan fingerprint density at radius 1 is 1.23 bits per heavy atom. The van der Waals surface area contributed by atoms with E-state index in [1.54, 1.807) is 14.1 Å². The zero-order chi connectivity index (χ0) is 10.3. The van der Waals surface area contributed by atoms with E-state index in [0.717, 1.165) is 4.47 Å². The lowest BCUT2D eigenvalue weighted by Gasteiger charge is -2.02. The maximum atomic E-state index is 10.1. The Hall–Kier alpha value is -0.830. The van der Waals surface area contributed by atoms with Gasteiger partial charge >= 0.3 is 0 Å². The summed E-state index contributed by atoms with van der Waals surface area (Å²) < 4.78 is 1.13. The first kappa shape index (κ1) is 12.2. The molecule has 2 nitrogen and oxygen atoms in total. The summed E-state index contributed by atoms with van der Waals surface area (Å²) in [6, 6.07) is 9.97. The Bertz CT molecular complexity index is 246. The van der Waals surface area contributed by atoms with Crippen molar-refractivity contribution >= 4 is 21.8 Å². The van der Waals surface area contributed by atoms with Crippen LogP contribution in [-0.4, -0.2) is 24.9 Å². The average molecular weight is 244 g/mol. The smallest absolute Gasteiger partial charge is 0.218 e. The summed E-state index contributed by atoms with van der Waals surface area (Å²) in [5.41, 5.74) is 0. The first-order valence-corrected chi connectivity index (χ1v) is 4.71. The quantitative estimate of drug-likeness (QED) is 0.686. The van der Waals surface area contributed by atoms with E-state index in [0.29, 0.717) is 0 Å². The van der Waals surface area contributed by atoms with Crippen molar-refractivity contribution in [2.75, 3.05) is 14.1 Å². The lowest BCUT2D eigenvalue weighted by molar-refractivity contribution is -0.126. The van der Waals surface area contributed by atoms with E-state index in [1.807, 2.05) is 30.3 Å². The highest BCUT2D eigenvalue weighted by molar-refractivity contribution is 9.10. The fourth-order valence-corrected chi connectivity index (χ4v) is 0.720. The van der Waals surface area contributed by atoms with Crippen molar-refractivity contribution in [3.8, 4) is 0 Å². The Labute approximate surface area is 87.7 Å². The molecule has 1 rings (SSSR count). The van der Waals surface area contributed by atoms with Crippen LogP contribution in [0.3, 0.4) is 0 Å². The Balaban J connectivity index is 0.000000226. The number of amides is 1. The van der Waals surface area contributed by atoms with Gasteiger partial charge in [-0.25, -0.2) is 0 Å². The van der Waals surface area contributed by atoms with Crippen LogP contribution in [0.25, 0.3) is 0 Å². The van der Waals surface area contributed by atoms with Crippen LogP contribution >= 0.6 is 15.9 Å². The monoisotopic (exact) mass is 243 g/mol. The molecular weight excluding hydrogens is 230 g/mol. The molecule has 0 saturated carbocycles. The van der Waals surface area contributed by atoms with E-state index in [4.69, 9.17) is 0 Å². The molecular formula is C10H14BrNO. The summed E-state index contributed by atoms with van der Waals surface area (Å²) in [4.78, 5) is 11.6. The van der Waals surface area contributed by atoms with Gasteiger partial charge in [0.05, 0.1) is 0 Å². The molecule has 0 N–H and O–H groups in total. The minimum atomic E-state index is 0.0926. The number of nitrogens with zero attached hydrogens (tertiary/aromatic N) is 1. The van der Waals surface area contributed by atoms with Crippen LogP contribution in [0.4, 0.5) is 0 Å². The summed E-state index contributed by atoms with van der Waals surface area (Å²) in [7, 11) is 3.45. The van der Waals surface area contributed by atoms with E-state index in [1.165, 1.54) is 11.8 Å². The van der Waals surface area contributed by atoms with Gasteiger partial charge in [-0.2, -0.15) is 0 Å². The summed E-state index contributed by atoms with van der Waals surface area (Å²) >= 11 is 3.31. The Morgan fingerprint density at radius 2 is 1.62 bits per heavy atom. The fraction of sp³-hybridized carbons (Fsp3) is 0.300. The van der Waals surface area contributed by atoms with Gasteiger partial charge in [-0.3, -0.25) is 4.79 Å². The van der Waals surface area contributed by atoms with Gasteiger partial charge in [0, 0.05) is 25.5 Å². The second-order valence-electron chi connectivity index (χ2n) is 2.71. The molecule has 0 aliphatic rings. The van der Waals surface area contributed by atoms with Gasteiger partial charge in [0.2, 0.25) is 5.91 Å². The topological polar surface area (TPSA) is 20.3 Å². The van der Waals surface area contributed by atoms with Crippen LogP contribution < -0.4 is 0 Å². The largest absolute Gasteiger partial charge is 0.349 e. The molecule has 0 aliphatic carbocycles. The van der Waals surface area contributed by atoms with Gasteiger partial charge < -0.3 is 4.90 Å². The average Bonchev–Trinajstić information content (AvgIpc) is 2.06. The van der Waals surface area contributed by atoms with E-state index in [2.05, 4.69) is 15.9 Å². The van der Waals surface area contributed by atoms with Crippen molar-refractivity contribution in [2.24, 2.45) is 0 Å². The van der Waals surface area contributed by atoms with Crippen LogP contribution in [0.1, 0.15) is 6.92 Å². The highest BCUT2D eigenvalue weighted by atomic mass is 79.9. The number of benzene rings is 1. The van der Waals surface area contributed by atoms with Gasteiger partial charge in [-0.05, 0) is 12.1 Å². The molecule has 1 amide bonds. The van der Waals surface area contributed by atoms with Gasteiger partial charge in [0.25, 0.3) is 0 Å². The number of halogens is 1. The molecule has 0 unspecified atom stereocenters. The lowest BCUT2D eigenvalue weighted by Crippen LogP contribution is -2.17. The lowest BCUT2D eigenvalue weighted by atomic mass is 10.4. The van der Waals surface area contributed by atoms with Crippen LogP contribution in [-0.2, 0) is 4.79 Å². The molecule has 0 aliphatic heterocycles. The molecule has 0 bridgehead atoms. The van der Waals surface area contributed by atoms with E-state index in [-0.39, 0.29) is 5.91 Å². The Morgan fingerprint density at radius 3 is 1.77 bits per heavy atom. The molecule has 0 atom stereocenters. The molecule has 0 spiro atoms. The second-order valence-corrected chi connectivity index (χ2v) is 3.62. The molecule has 0 fully saturated rings. The SMILES string of the molecule is Brc1ccccc1.CC(=O)N(C)C. The number of carbonyl (C=O) groups is 1. The molecule has 0 heterocycles. The number of rotatable bonds is 0. The maximum Gasteiger partial charge on any atom is 0.218 e. The fourth-order valence-electron chi connectivity index (χ4n) is 0.415. The standard InChI is InChI=1S/C6H5Br.C4H9NO/c7-6-4-2-1-3-5-6;1-4(6)5(2)3/h1-5H;1-3H3. The molecule has 0 saturated heterocycles. The van der Waals surface area contributed by atoms with Gasteiger partial charge in [-0.15, -0.1) is 0 Å². The first-order chi connectivity index (χ1) is 6.04. The highest BCUT2D eigenvalue weighted by Crippen LogP contribution is 2.05. The predicted molar refractivity (Wildman–Crippen MR) is 58.5 cm³/mol. The third-order valence-electron chi connectivity index (χ3n) is 1.36. The van der Waals surface area contributed by atoms with Crippen LogP contribution in [0.15, 0.2) is 34.8 Å². The van der Waals surface area contributed by atoms with Gasteiger partial charge in [-0.1, -0.05) is 34.1 Å².